The Kier molecular flexibility index (Phi) is 3.82. The first-order valence-corrected chi connectivity index (χ1v) is 4.63. The predicted octanol–water partition coefficient (Wildman–Crippen LogP) is 2.07. The Morgan fingerprint density at radius 3 is 2.24 bits per heavy atom. The molecule has 17 heavy (non-hydrogen) atoms. The molecule has 0 aromatic heterocycles. The molecule has 0 fully saturated rings. The normalized spacial score (nSPS) is 13.1. The third-order valence-electron chi connectivity index (χ3n) is 2.07. The molecule has 0 saturated carbocycles. The number of carboxylic acid groups (broad SMARTS) is 1. The molecule has 3 N–H and O–H groups in total. The van der Waals surface area contributed by atoms with Crippen LogP contribution >= 0.6 is 0 Å². The lowest BCUT2D eigenvalue weighted by Gasteiger charge is -2.17. The monoisotopic (exact) mass is 249 g/mol. The number of carbonyl (C=O) groups is 1. The topological polar surface area (TPSA) is 69.6 Å². The van der Waals surface area contributed by atoms with E-state index in [0.29, 0.717) is 5.69 Å². The summed E-state index contributed by atoms with van der Waals surface area (Å²) in [6.07, 6.45) is -4.80. The molecular weight excluding hydrogens is 239 g/mol. The summed E-state index contributed by atoms with van der Waals surface area (Å²) in [6.45, 7) is -0.760. The number of nitrogens with one attached hydrogen (secondary N) is 1. The Labute approximate surface area is 94.7 Å². The van der Waals surface area contributed by atoms with Gasteiger partial charge in [-0.05, 0) is 24.3 Å². The third kappa shape index (κ3) is 3.86. The van der Waals surface area contributed by atoms with Gasteiger partial charge in [0.15, 0.2) is 5.92 Å². The number of phenolic OH excluding ortho intramolecular Hbond substituents is 1. The van der Waals surface area contributed by atoms with Gasteiger partial charge in [0.2, 0.25) is 0 Å². The second-order valence-electron chi connectivity index (χ2n) is 3.36. The largest absolute Gasteiger partial charge is 0.508 e. The van der Waals surface area contributed by atoms with E-state index in [1.807, 2.05) is 0 Å². The lowest BCUT2D eigenvalue weighted by atomic mass is 10.1. The van der Waals surface area contributed by atoms with Crippen molar-refractivity contribution in [1.29, 1.82) is 0 Å². The van der Waals surface area contributed by atoms with E-state index in [1.54, 1.807) is 0 Å². The SMILES string of the molecule is O=C(O)C(CNc1ccc(O)cc1)C(F)(F)F. The fourth-order valence-electron chi connectivity index (χ4n) is 1.14. The molecule has 1 atom stereocenters. The molecule has 7 heteroatoms. The minimum atomic E-state index is -4.80. The molecule has 0 aliphatic heterocycles. The fourth-order valence-corrected chi connectivity index (χ4v) is 1.14. The Balaban J connectivity index is 2.65. The quantitative estimate of drug-likeness (QED) is 0.714. The van der Waals surface area contributed by atoms with Crippen molar-refractivity contribution in [2.45, 2.75) is 6.18 Å². The van der Waals surface area contributed by atoms with Crippen LogP contribution in [0.1, 0.15) is 0 Å². The number of rotatable bonds is 4. The molecule has 0 heterocycles. The van der Waals surface area contributed by atoms with Crippen molar-refractivity contribution in [3.63, 3.8) is 0 Å². The molecule has 1 aromatic carbocycles. The summed E-state index contributed by atoms with van der Waals surface area (Å²) in [4.78, 5) is 10.4. The average Bonchev–Trinajstić information content (AvgIpc) is 2.18. The molecule has 0 bridgehead atoms. The Morgan fingerprint density at radius 1 is 1.29 bits per heavy atom. The Hall–Kier alpha value is -1.92. The molecule has 0 radical (unpaired) electrons. The minimum Gasteiger partial charge on any atom is -0.508 e. The van der Waals surface area contributed by atoms with E-state index in [4.69, 9.17) is 10.2 Å². The van der Waals surface area contributed by atoms with Gasteiger partial charge in [-0.3, -0.25) is 4.79 Å². The lowest BCUT2D eigenvalue weighted by molar-refractivity contribution is -0.190. The molecule has 0 amide bonds. The van der Waals surface area contributed by atoms with Gasteiger partial charge in [0, 0.05) is 12.2 Å². The predicted molar refractivity (Wildman–Crippen MR) is 53.8 cm³/mol. The van der Waals surface area contributed by atoms with Crippen LogP contribution in [0.2, 0.25) is 0 Å². The van der Waals surface area contributed by atoms with Gasteiger partial charge in [0.1, 0.15) is 5.75 Å². The average molecular weight is 249 g/mol. The van der Waals surface area contributed by atoms with Crippen LogP contribution in [-0.4, -0.2) is 28.9 Å². The van der Waals surface area contributed by atoms with E-state index in [1.165, 1.54) is 24.3 Å². The molecule has 94 valence electrons. The highest BCUT2D eigenvalue weighted by molar-refractivity contribution is 5.71. The van der Waals surface area contributed by atoms with Gasteiger partial charge < -0.3 is 15.5 Å². The number of hydrogen-bond acceptors (Lipinski definition) is 3. The summed E-state index contributed by atoms with van der Waals surface area (Å²) in [5.74, 6) is -4.42. The zero-order chi connectivity index (χ0) is 13.1. The van der Waals surface area contributed by atoms with Crippen molar-refractivity contribution in [3.8, 4) is 5.75 Å². The van der Waals surface area contributed by atoms with Crippen LogP contribution in [0.4, 0.5) is 18.9 Å². The van der Waals surface area contributed by atoms with Crippen molar-refractivity contribution < 1.29 is 28.2 Å². The molecule has 0 spiro atoms. The van der Waals surface area contributed by atoms with Crippen molar-refractivity contribution in [3.05, 3.63) is 24.3 Å². The summed E-state index contributed by atoms with van der Waals surface area (Å²) in [5, 5.41) is 19.7. The van der Waals surface area contributed by atoms with Crippen molar-refractivity contribution in [1.82, 2.24) is 0 Å². The molecule has 1 unspecified atom stereocenters. The third-order valence-corrected chi connectivity index (χ3v) is 2.07. The van der Waals surface area contributed by atoms with Crippen LogP contribution in [0.25, 0.3) is 0 Å². The van der Waals surface area contributed by atoms with Crippen molar-refractivity contribution >= 4 is 11.7 Å². The van der Waals surface area contributed by atoms with E-state index in [0.717, 1.165) is 0 Å². The number of carboxylic acids is 1. The van der Waals surface area contributed by atoms with Crippen LogP contribution in [0.5, 0.6) is 5.75 Å². The number of aliphatic carboxylic acids is 1. The molecule has 1 rings (SSSR count). The Morgan fingerprint density at radius 2 is 1.82 bits per heavy atom. The second-order valence-corrected chi connectivity index (χ2v) is 3.36. The van der Waals surface area contributed by atoms with Gasteiger partial charge in [-0.1, -0.05) is 0 Å². The first-order valence-electron chi connectivity index (χ1n) is 4.63. The van der Waals surface area contributed by atoms with E-state index in [9.17, 15) is 18.0 Å². The number of hydrogen-bond donors (Lipinski definition) is 3. The molecule has 1 aromatic rings. The van der Waals surface area contributed by atoms with Gasteiger partial charge in [-0.2, -0.15) is 13.2 Å². The van der Waals surface area contributed by atoms with E-state index < -0.39 is 24.6 Å². The number of alkyl halides is 3. The van der Waals surface area contributed by atoms with Crippen LogP contribution in [-0.2, 0) is 4.79 Å². The standard InChI is InChI=1S/C10H10F3NO3/c11-10(12,13)8(9(16)17)5-14-6-1-3-7(15)4-2-6/h1-4,8,14-15H,5H2,(H,16,17). The summed E-state index contributed by atoms with van der Waals surface area (Å²) >= 11 is 0. The molecule has 0 aliphatic rings. The van der Waals surface area contributed by atoms with E-state index >= 15 is 0 Å². The molecular formula is C10H10F3NO3. The molecule has 0 saturated heterocycles. The highest BCUT2D eigenvalue weighted by atomic mass is 19.4. The summed E-state index contributed by atoms with van der Waals surface area (Å²) in [5.41, 5.74) is 0.304. The number of halogens is 3. The van der Waals surface area contributed by atoms with Crippen LogP contribution < -0.4 is 5.32 Å². The first-order chi connectivity index (χ1) is 7.80. The van der Waals surface area contributed by atoms with Crippen LogP contribution in [0.15, 0.2) is 24.3 Å². The zero-order valence-corrected chi connectivity index (χ0v) is 8.53. The van der Waals surface area contributed by atoms with Gasteiger partial charge in [-0.25, -0.2) is 0 Å². The summed E-state index contributed by atoms with van der Waals surface area (Å²) in [6, 6.07) is 5.27. The second kappa shape index (κ2) is 4.94. The summed E-state index contributed by atoms with van der Waals surface area (Å²) < 4.78 is 36.8. The van der Waals surface area contributed by atoms with E-state index in [-0.39, 0.29) is 5.75 Å². The maximum atomic E-state index is 12.3. The number of phenols is 1. The summed E-state index contributed by atoms with van der Waals surface area (Å²) in [7, 11) is 0. The van der Waals surface area contributed by atoms with Gasteiger partial charge in [0.05, 0.1) is 0 Å². The first kappa shape index (κ1) is 13.1. The zero-order valence-electron chi connectivity index (χ0n) is 8.53. The molecule has 4 nitrogen and oxygen atoms in total. The number of aromatic hydroxyl groups is 1. The van der Waals surface area contributed by atoms with Gasteiger partial charge >= 0.3 is 12.1 Å². The lowest BCUT2D eigenvalue weighted by Crippen LogP contribution is -2.36. The fraction of sp³-hybridized carbons (Fsp3) is 0.300. The highest BCUT2D eigenvalue weighted by Crippen LogP contribution is 2.27. The maximum Gasteiger partial charge on any atom is 0.403 e. The maximum absolute atomic E-state index is 12.3. The van der Waals surface area contributed by atoms with E-state index in [2.05, 4.69) is 5.32 Å². The van der Waals surface area contributed by atoms with Crippen LogP contribution in [0, 0.1) is 5.92 Å². The number of anilines is 1. The van der Waals surface area contributed by atoms with Crippen molar-refractivity contribution in [2.24, 2.45) is 5.92 Å². The Bertz CT molecular complexity index is 389. The highest BCUT2D eigenvalue weighted by Gasteiger charge is 2.44. The van der Waals surface area contributed by atoms with Crippen LogP contribution in [0.3, 0.4) is 0 Å². The minimum absolute atomic E-state index is 0.0267. The van der Waals surface area contributed by atoms with Gasteiger partial charge in [-0.15, -0.1) is 0 Å². The van der Waals surface area contributed by atoms with Gasteiger partial charge in [0.25, 0.3) is 0 Å². The smallest absolute Gasteiger partial charge is 0.403 e. The molecule has 0 aliphatic carbocycles. The number of benzene rings is 1. The van der Waals surface area contributed by atoms with Crippen molar-refractivity contribution in [2.75, 3.05) is 11.9 Å².